The van der Waals surface area contributed by atoms with Crippen LogP contribution in [0.2, 0.25) is 0 Å². The number of hydrogen-bond donors (Lipinski definition) is 10. The van der Waals surface area contributed by atoms with Crippen molar-refractivity contribution in [1.82, 2.24) is 21.3 Å². The van der Waals surface area contributed by atoms with Crippen molar-refractivity contribution in [1.29, 1.82) is 0 Å². The van der Waals surface area contributed by atoms with Crippen molar-refractivity contribution < 1.29 is 136 Å². The summed E-state index contributed by atoms with van der Waals surface area (Å²) in [5, 5.41) is 8.13. The van der Waals surface area contributed by atoms with Crippen molar-refractivity contribution in [3.63, 3.8) is 0 Å². The number of carbonyl (C=O) groups excluding carboxylic acids is 4. The highest BCUT2D eigenvalue weighted by molar-refractivity contribution is 8.00. The summed E-state index contributed by atoms with van der Waals surface area (Å²) < 4.78 is 233. The van der Waals surface area contributed by atoms with Crippen molar-refractivity contribution >= 4 is 110 Å². The Morgan fingerprint density at radius 3 is 1.03 bits per heavy atom. The first-order valence-electron chi connectivity index (χ1n) is 17.5. The Hall–Kier alpha value is -2.32. The van der Waals surface area contributed by atoms with Crippen LogP contribution in [0, 0.1) is 11.8 Å². The molecular formula is C24H42N4O31S8. The van der Waals surface area contributed by atoms with E-state index >= 15 is 0 Å². The third-order valence-corrected chi connectivity index (χ3v) is 12.3. The Morgan fingerprint density at radius 2 is 0.746 bits per heavy atom. The molecule has 0 bridgehead atoms. The largest absolute Gasteiger partial charge is 0.399 e. The highest BCUT2D eigenvalue weighted by Gasteiger charge is 2.53. The lowest BCUT2D eigenvalue weighted by Gasteiger charge is -2.42. The fraction of sp³-hybridized carbons (Fsp3) is 0.833. The van der Waals surface area contributed by atoms with E-state index in [9.17, 15) is 78.8 Å². The molecule has 0 aromatic rings. The van der Waals surface area contributed by atoms with Gasteiger partial charge in [-0.1, -0.05) is 13.8 Å². The average molecular weight is 1140 g/mol. The molecule has 0 aliphatic carbocycles. The monoisotopic (exact) mass is 1140 g/mol. The minimum atomic E-state index is -5.50. The maximum absolute atomic E-state index is 12.6. The Labute approximate surface area is 389 Å². The van der Waals surface area contributed by atoms with Gasteiger partial charge in [0.05, 0.1) is 37.8 Å². The summed E-state index contributed by atoms with van der Waals surface area (Å²) in [4.78, 5) is 49.7. The Morgan fingerprint density at radius 1 is 0.463 bits per heavy atom. The molecule has 2 rings (SSSR count). The van der Waals surface area contributed by atoms with Gasteiger partial charge < -0.3 is 35.5 Å². The topological polar surface area (TPSA) is 526 Å². The Kier molecular flexibility index (Phi) is 23.3. The van der Waals surface area contributed by atoms with E-state index in [1.54, 1.807) is 0 Å². The maximum atomic E-state index is 12.6. The number of amides is 4. The van der Waals surface area contributed by atoms with Crippen LogP contribution in [0.15, 0.2) is 0 Å². The van der Waals surface area contributed by atoms with Crippen LogP contribution in [0.25, 0.3) is 0 Å². The molecule has 2 aliphatic heterocycles. The molecule has 0 radical (unpaired) electrons. The number of nitrogens with one attached hydrogen (secondary N) is 4. The highest BCUT2D eigenvalue weighted by Crippen LogP contribution is 2.34. The predicted molar refractivity (Wildman–Crippen MR) is 214 cm³/mol. The fourth-order valence-electron chi connectivity index (χ4n) is 5.24. The van der Waals surface area contributed by atoms with E-state index < -0.39 is 160 Å². The van der Waals surface area contributed by atoms with Gasteiger partial charge in [-0.05, 0) is 0 Å². The van der Waals surface area contributed by atoms with E-state index in [2.05, 4.69) is 35.7 Å². The summed E-state index contributed by atoms with van der Waals surface area (Å²) in [6.07, 6.45) is -18.2. The van der Waals surface area contributed by atoms with Crippen LogP contribution in [0.4, 0.5) is 0 Å². The van der Waals surface area contributed by atoms with Gasteiger partial charge >= 0.3 is 62.4 Å². The molecule has 4 amide bonds. The van der Waals surface area contributed by atoms with Crippen LogP contribution in [0.5, 0.6) is 0 Å². The number of carbonyl (C=O) groups is 4. The van der Waals surface area contributed by atoms with Crippen LogP contribution < -0.4 is 21.3 Å². The quantitative estimate of drug-likeness (QED) is 0.0257. The lowest BCUT2D eigenvalue weighted by molar-refractivity contribution is -0.246. The fourth-order valence-corrected chi connectivity index (χ4v) is 9.61. The highest BCUT2D eigenvalue weighted by atomic mass is 32.3. The number of rotatable bonds is 28. The minimum Gasteiger partial charge on any atom is -0.380 e. The third-order valence-electron chi connectivity index (χ3n) is 7.77. The van der Waals surface area contributed by atoms with E-state index in [0.29, 0.717) is 0 Å². The summed E-state index contributed by atoms with van der Waals surface area (Å²) in [6, 6.07) is 0. The second-order valence-electron chi connectivity index (χ2n) is 13.0. The van der Waals surface area contributed by atoms with Gasteiger partial charge in [0.15, 0.2) is 37.2 Å². The van der Waals surface area contributed by atoms with Crippen LogP contribution >= 0.6 is 23.5 Å². The molecule has 67 heavy (non-hydrogen) atoms. The lowest BCUT2D eigenvalue weighted by atomic mass is 9.95. The maximum Gasteiger partial charge on any atom is 0.399 e. The van der Waals surface area contributed by atoms with Crippen molar-refractivity contribution in [2.24, 2.45) is 11.8 Å². The van der Waals surface area contributed by atoms with Gasteiger partial charge in [-0.15, -0.1) is 23.5 Å². The van der Waals surface area contributed by atoms with Gasteiger partial charge in [-0.3, -0.25) is 46.5 Å². The molecule has 0 spiro atoms. The van der Waals surface area contributed by atoms with E-state index in [-0.39, 0.29) is 36.2 Å². The molecule has 2 fully saturated rings. The molecule has 2 saturated heterocycles. The number of hydrogen-bond acceptors (Lipinski definition) is 27. The van der Waals surface area contributed by atoms with E-state index in [0.717, 1.165) is 37.4 Å². The molecule has 6 unspecified atom stereocenters. The summed E-state index contributed by atoms with van der Waals surface area (Å²) >= 11 is 2.01. The summed E-state index contributed by atoms with van der Waals surface area (Å²) in [6.45, 7) is 0.208. The van der Waals surface area contributed by atoms with E-state index in [4.69, 9.17) is 32.4 Å². The van der Waals surface area contributed by atoms with Gasteiger partial charge in [0, 0.05) is 23.3 Å². The zero-order valence-electron chi connectivity index (χ0n) is 33.6. The smallest absolute Gasteiger partial charge is 0.380 e. The molecule has 10 N–H and O–H groups in total. The second-order valence-corrected chi connectivity index (χ2v) is 21.5. The lowest BCUT2D eigenvalue weighted by Crippen LogP contribution is -2.63. The standard InChI is InChI=1S/C24H42N4O31S8/c1-11-17(54-62(33,34)35)19(56-64(39,40)41)21(52-23(11)58-66(45,46)47)27-13(29)7-25-15(31)9-60-5-3-51-4-6-61-10-16(32)26-8-14(30)28-22-20(57-65(42,43)44)18(55-63(36,37)38)12(2)24(53-22)59-67(48,49)50/h11-12,17-24H,3-10H2,1-2H3,(H,25,31)(H,26,32)(H,27,29)(H,28,30)(H,33,34,35)(H,36,37,38)(H,39,40,41)(H,42,43,44)(H,45,46,47)(H,48,49,50)/t11?,12?,17-,18?,19?,20-,21-,22+,23?,24?/m1/s1. The molecular weight excluding hydrogens is 1100 g/mol. The number of ether oxygens (including phenoxy) is 3. The normalized spacial score (nSPS) is 26.6. The zero-order valence-corrected chi connectivity index (χ0v) is 40.1. The molecule has 392 valence electrons. The second kappa shape index (κ2) is 25.7. The number of thioether (sulfide) groups is 2. The van der Waals surface area contributed by atoms with Crippen LogP contribution in [0.1, 0.15) is 13.8 Å². The summed E-state index contributed by atoms with van der Waals surface area (Å²) in [7, 11) is -32.7. The first kappa shape index (κ1) is 60.8. The van der Waals surface area contributed by atoms with Crippen molar-refractivity contribution in [3.05, 3.63) is 0 Å². The Bertz CT molecular complexity index is 2240. The molecule has 2 aliphatic rings. The van der Waals surface area contributed by atoms with Gasteiger partial charge in [-0.25, -0.2) is 25.1 Å². The van der Waals surface area contributed by atoms with E-state index in [1.165, 1.54) is 0 Å². The molecule has 0 aromatic heterocycles. The van der Waals surface area contributed by atoms with Crippen LogP contribution in [-0.2, 0) is 121 Å². The van der Waals surface area contributed by atoms with Crippen molar-refractivity contribution in [2.45, 2.75) is 63.3 Å². The molecule has 0 aromatic carbocycles. The van der Waals surface area contributed by atoms with Gasteiger partial charge in [-0.2, -0.15) is 50.5 Å². The first-order chi connectivity index (χ1) is 30.4. The van der Waals surface area contributed by atoms with Crippen LogP contribution in [0.3, 0.4) is 0 Å². The molecule has 35 nitrogen and oxygen atoms in total. The SMILES string of the molecule is CC1C(OS(=O)(=O)O)O[C@H](NC(=O)CNC(=O)CSCCOCCSCC(=O)NCC(=O)N[C@@H]2OC(OS(=O)(=O)O)C(C)[C@@H](OS(=O)(=O)O)C2OS(=O)(=O)O)[C@H](OS(=O)(=O)O)C1OS(=O)(=O)O. The minimum absolute atomic E-state index is 0.0636. The van der Waals surface area contributed by atoms with E-state index in [1.807, 2.05) is 10.6 Å². The van der Waals surface area contributed by atoms with Gasteiger partial charge in [0.1, 0.15) is 12.2 Å². The third kappa shape index (κ3) is 25.4. The summed E-state index contributed by atoms with van der Waals surface area (Å²) in [5.74, 6) is -7.50. The van der Waals surface area contributed by atoms with Crippen molar-refractivity contribution in [2.75, 3.05) is 49.3 Å². The zero-order chi connectivity index (χ0) is 51.3. The molecule has 0 saturated carbocycles. The van der Waals surface area contributed by atoms with Crippen molar-refractivity contribution in [3.8, 4) is 0 Å². The molecule has 10 atom stereocenters. The molecule has 2 heterocycles. The average Bonchev–Trinajstić information content (AvgIpc) is 3.13. The van der Waals surface area contributed by atoms with Crippen LogP contribution in [-0.4, -0.2) is 200 Å². The summed E-state index contributed by atoms with van der Waals surface area (Å²) in [5.41, 5.74) is 0. The van der Waals surface area contributed by atoms with Gasteiger partial charge in [0.25, 0.3) is 0 Å². The predicted octanol–water partition coefficient (Wildman–Crippen LogP) is -6.04. The Balaban J connectivity index is 1.78. The van der Waals surface area contributed by atoms with Gasteiger partial charge in [0.2, 0.25) is 23.6 Å². The molecule has 43 heteroatoms. The first-order valence-corrected chi connectivity index (χ1v) is 28.0.